The molecule has 1 unspecified atom stereocenters. The first-order chi connectivity index (χ1) is 6.87. The summed E-state index contributed by atoms with van der Waals surface area (Å²) in [6.07, 6.45) is 6.64. The van der Waals surface area contributed by atoms with E-state index in [1.54, 1.807) is 0 Å². The standard InChI is InChI=1S/C14H30O/c1-6-14(4,5)11-10-13(15)9-7-8-12(2)3/h12-13,15H,6-11H2,1-5H3. The molecule has 1 N–H and O–H groups in total. The molecule has 0 aromatic heterocycles. The predicted octanol–water partition coefficient (Wildman–Crippen LogP) is 4.39. The lowest BCUT2D eigenvalue weighted by atomic mass is 9.84. The van der Waals surface area contributed by atoms with Gasteiger partial charge in [0.25, 0.3) is 0 Å². The molecule has 0 amide bonds. The number of aliphatic hydroxyl groups is 1. The molecule has 1 heteroatoms. The predicted molar refractivity (Wildman–Crippen MR) is 68.0 cm³/mol. The summed E-state index contributed by atoms with van der Waals surface area (Å²) >= 11 is 0. The second-order valence-electron chi connectivity index (χ2n) is 6.04. The van der Waals surface area contributed by atoms with Crippen LogP contribution in [0.5, 0.6) is 0 Å². The monoisotopic (exact) mass is 214 g/mol. The number of aliphatic hydroxyl groups excluding tert-OH is 1. The van der Waals surface area contributed by atoms with E-state index in [0.717, 1.165) is 25.2 Å². The first kappa shape index (κ1) is 15.0. The number of hydrogen-bond acceptors (Lipinski definition) is 1. The largest absolute Gasteiger partial charge is 0.393 e. The zero-order valence-electron chi connectivity index (χ0n) is 11.3. The minimum atomic E-state index is -0.0745. The van der Waals surface area contributed by atoms with Gasteiger partial charge in [-0.2, -0.15) is 0 Å². The third kappa shape index (κ3) is 8.92. The van der Waals surface area contributed by atoms with Crippen LogP contribution in [0.25, 0.3) is 0 Å². The summed E-state index contributed by atoms with van der Waals surface area (Å²) in [5, 5.41) is 9.82. The van der Waals surface area contributed by atoms with E-state index in [1.807, 2.05) is 0 Å². The fourth-order valence-electron chi connectivity index (χ4n) is 1.64. The maximum Gasteiger partial charge on any atom is 0.0540 e. The van der Waals surface area contributed by atoms with Crippen molar-refractivity contribution in [1.29, 1.82) is 0 Å². The fraction of sp³-hybridized carbons (Fsp3) is 1.00. The van der Waals surface area contributed by atoms with E-state index in [2.05, 4.69) is 34.6 Å². The highest BCUT2D eigenvalue weighted by molar-refractivity contribution is 4.69. The molecule has 0 saturated heterocycles. The SMILES string of the molecule is CCC(C)(C)CCC(O)CCCC(C)C. The van der Waals surface area contributed by atoms with Gasteiger partial charge < -0.3 is 5.11 Å². The van der Waals surface area contributed by atoms with E-state index in [-0.39, 0.29) is 6.10 Å². The van der Waals surface area contributed by atoms with Gasteiger partial charge in [0, 0.05) is 0 Å². The van der Waals surface area contributed by atoms with Crippen LogP contribution in [0.15, 0.2) is 0 Å². The van der Waals surface area contributed by atoms with Gasteiger partial charge in [0.15, 0.2) is 0 Å². The molecule has 0 bridgehead atoms. The molecule has 0 aromatic rings. The highest BCUT2D eigenvalue weighted by Crippen LogP contribution is 2.27. The van der Waals surface area contributed by atoms with Gasteiger partial charge in [-0.3, -0.25) is 0 Å². The summed E-state index contributed by atoms with van der Waals surface area (Å²) < 4.78 is 0. The zero-order chi connectivity index (χ0) is 11.9. The van der Waals surface area contributed by atoms with Crippen LogP contribution in [0, 0.1) is 11.3 Å². The van der Waals surface area contributed by atoms with Crippen molar-refractivity contribution in [3.63, 3.8) is 0 Å². The maximum absolute atomic E-state index is 9.82. The average molecular weight is 214 g/mol. The summed E-state index contributed by atoms with van der Waals surface area (Å²) in [4.78, 5) is 0. The van der Waals surface area contributed by atoms with Gasteiger partial charge >= 0.3 is 0 Å². The van der Waals surface area contributed by atoms with Gasteiger partial charge in [-0.1, -0.05) is 53.9 Å². The third-order valence-corrected chi connectivity index (χ3v) is 3.43. The molecule has 92 valence electrons. The molecular weight excluding hydrogens is 184 g/mol. The summed E-state index contributed by atoms with van der Waals surface area (Å²) in [5.74, 6) is 0.768. The lowest BCUT2D eigenvalue weighted by Crippen LogP contribution is -2.15. The first-order valence-electron chi connectivity index (χ1n) is 6.55. The lowest BCUT2D eigenvalue weighted by molar-refractivity contribution is 0.128. The summed E-state index contributed by atoms with van der Waals surface area (Å²) in [5.41, 5.74) is 0.402. The molecular formula is C14H30O. The van der Waals surface area contributed by atoms with Crippen LogP contribution in [0.4, 0.5) is 0 Å². The number of hydrogen-bond donors (Lipinski definition) is 1. The first-order valence-corrected chi connectivity index (χ1v) is 6.55. The molecule has 1 nitrogen and oxygen atoms in total. The van der Waals surface area contributed by atoms with Crippen LogP contribution < -0.4 is 0 Å². The molecule has 0 heterocycles. The minimum Gasteiger partial charge on any atom is -0.393 e. The van der Waals surface area contributed by atoms with Crippen molar-refractivity contribution in [2.45, 2.75) is 79.2 Å². The third-order valence-electron chi connectivity index (χ3n) is 3.43. The molecule has 0 radical (unpaired) electrons. The van der Waals surface area contributed by atoms with Crippen molar-refractivity contribution in [2.75, 3.05) is 0 Å². The Labute approximate surface area is 96.3 Å². The Morgan fingerprint density at radius 3 is 2.13 bits per heavy atom. The van der Waals surface area contributed by atoms with Crippen molar-refractivity contribution in [3.05, 3.63) is 0 Å². The van der Waals surface area contributed by atoms with E-state index >= 15 is 0 Å². The van der Waals surface area contributed by atoms with E-state index in [9.17, 15) is 5.11 Å². The summed E-state index contributed by atoms with van der Waals surface area (Å²) in [7, 11) is 0. The van der Waals surface area contributed by atoms with Crippen LogP contribution in [0.2, 0.25) is 0 Å². The van der Waals surface area contributed by atoms with Crippen LogP contribution in [0.1, 0.15) is 73.1 Å². The van der Waals surface area contributed by atoms with E-state index in [1.165, 1.54) is 19.3 Å². The smallest absolute Gasteiger partial charge is 0.0540 e. The Kier molecular flexibility index (Phi) is 7.25. The molecule has 1 atom stereocenters. The van der Waals surface area contributed by atoms with Gasteiger partial charge in [0.2, 0.25) is 0 Å². The molecule has 0 aliphatic heterocycles. The molecule has 15 heavy (non-hydrogen) atoms. The Hall–Kier alpha value is -0.0400. The molecule has 0 aliphatic carbocycles. The Morgan fingerprint density at radius 2 is 1.67 bits per heavy atom. The van der Waals surface area contributed by atoms with Crippen molar-refractivity contribution >= 4 is 0 Å². The summed E-state index contributed by atoms with van der Waals surface area (Å²) in [6, 6.07) is 0. The Balaban J connectivity index is 3.53. The fourth-order valence-corrected chi connectivity index (χ4v) is 1.64. The molecule has 0 aliphatic rings. The molecule has 0 saturated carbocycles. The quantitative estimate of drug-likeness (QED) is 0.635. The topological polar surface area (TPSA) is 20.2 Å². The van der Waals surface area contributed by atoms with Gasteiger partial charge in [-0.15, -0.1) is 0 Å². The summed E-state index contributed by atoms with van der Waals surface area (Å²) in [6.45, 7) is 11.3. The molecule has 0 rings (SSSR count). The van der Waals surface area contributed by atoms with Gasteiger partial charge in [0.1, 0.15) is 0 Å². The molecule has 0 aromatic carbocycles. The normalized spacial score (nSPS) is 14.6. The molecule has 0 spiro atoms. The Morgan fingerprint density at radius 1 is 1.07 bits per heavy atom. The Bertz CT molecular complexity index is 149. The van der Waals surface area contributed by atoms with E-state index in [4.69, 9.17) is 0 Å². The van der Waals surface area contributed by atoms with Gasteiger partial charge in [-0.25, -0.2) is 0 Å². The second-order valence-corrected chi connectivity index (χ2v) is 6.04. The maximum atomic E-state index is 9.82. The van der Waals surface area contributed by atoms with Crippen LogP contribution in [-0.4, -0.2) is 11.2 Å². The highest BCUT2D eigenvalue weighted by Gasteiger charge is 2.16. The highest BCUT2D eigenvalue weighted by atomic mass is 16.3. The van der Waals surface area contributed by atoms with Crippen LogP contribution in [0.3, 0.4) is 0 Å². The minimum absolute atomic E-state index is 0.0745. The van der Waals surface area contributed by atoms with Crippen molar-refractivity contribution in [2.24, 2.45) is 11.3 Å². The van der Waals surface area contributed by atoms with Gasteiger partial charge in [-0.05, 0) is 30.6 Å². The van der Waals surface area contributed by atoms with Gasteiger partial charge in [0.05, 0.1) is 6.10 Å². The lowest BCUT2D eigenvalue weighted by Gasteiger charge is -2.24. The number of rotatable bonds is 8. The molecule has 0 fully saturated rings. The van der Waals surface area contributed by atoms with Crippen molar-refractivity contribution in [1.82, 2.24) is 0 Å². The van der Waals surface area contributed by atoms with Crippen molar-refractivity contribution < 1.29 is 5.11 Å². The zero-order valence-corrected chi connectivity index (χ0v) is 11.3. The average Bonchev–Trinajstić information content (AvgIpc) is 2.14. The van der Waals surface area contributed by atoms with E-state index in [0.29, 0.717) is 5.41 Å². The second kappa shape index (κ2) is 7.27. The van der Waals surface area contributed by atoms with Crippen LogP contribution >= 0.6 is 0 Å². The van der Waals surface area contributed by atoms with E-state index < -0.39 is 0 Å². The van der Waals surface area contributed by atoms with Crippen LogP contribution in [-0.2, 0) is 0 Å². The van der Waals surface area contributed by atoms with Crippen molar-refractivity contribution in [3.8, 4) is 0 Å².